The molecule has 1 aliphatic carbocycles. The van der Waals surface area contributed by atoms with E-state index in [0.29, 0.717) is 0 Å². The SMILES string of the molecule is COc1ccccc1N[C@@H]1CCC[C@@H]1O. The summed E-state index contributed by atoms with van der Waals surface area (Å²) in [5.74, 6) is 0.830. The lowest BCUT2D eigenvalue weighted by atomic mass is 10.2. The first-order valence-corrected chi connectivity index (χ1v) is 5.39. The summed E-state index contributed by atoms with van der Waals surface area (Å²) >= 11 is 0. The van der Waals surface area contributed by atoms with Gasteiger partial charge < -0.3 is 15.2 Å². The third-order valence-corrected chi connectivity index (χ3v) is 2.93. The van der Waals surface area contributed by atoms with Gasteiger partial charge in [-0.05, 0) is 31.4 Å². The van der Waals surface area contributed by atoms with E-state index in [1.807, 2.05) is 24.3 Å². The molecule has 0 heterocycles. The molecule has 1 fully saturated rings. The number of ether oxygens (including phenoxy) is 1. The first-order valence-electron chi connectivity index (χ1n) is 5.39. The lowest BCUT2D eigenvalue weighted by Crippen LogP contribution is -2.28. The van der Waals surface area contributed by atoms with E-state index in [2.05, 4.69) is 5.32 Å². The highest BCUT2D eigenvalue weighted by Gasteiger charge is 2.25. The Hall–Kier alpha value is -1.22. The van der Waals surface area contributed by atoms with Gasteiger partial charge in [-0.25, -0.2) is 0 Å². The number of aliphatic hydroxyl groups is 1. The summed E-state index contributed by atoms with van der Waals surface area (Å²) in [6, 6.07) is 7.97. The fourth-order valence-corrected chi connectivity index (χ4v) is 2.07. The van der Waals surface area contributed by atoms with E-state index in [4.69, 9.17) is 4.74 Å². The maximum atomic E-state index is 9.71. The fourth-order valence-electron chi connectivity index (χ4n) is 2.07. The maximum Gasteiger partial charge on any atom is 0.141 e. The minimum absolute atomic E-state index is 0.168. The normalized spacial score (nSPS) is 25.2. The Labute approximate surface area is 90.1 Å². The van der Waals surface area contributed by atoms with E-state index in [-0.39, 0.29) is 12.1 Å². The van der Waals surface area contributed by atoms with Gasteiger partial charge in [0.1, 0.15) is 5.75 Å². The molecule has 0 unspecified atom stereocenters. The van der Waals surface area contributed by atoms with Gasteiger partial charge in [0.25, 0.3) is 0 Å². The monoisotopic (exact) mass is 207 g/mol. The lowest BCUT2D eigenvalue weighted by Gasteiger charge is -2.19. The molecule has 15 heavy (non-hydrogen) atoms. The van der Waals surface area contributed by atoms with Crippen LogP contribution in [0.25, 0.3) is 0 Å². The van der Waals surface area contributed by atoms with Crippen molar-refractivity contribution in [2.75, 3.05) is 12.4 Å². The molecule has 82 valence electrons. The van der Waals surface area contributed by atoms with E-state index < -0.39 is 0 Å². The summed E-state index contributed by atoms with van der Waals surface area (Å²) in [6.45, 7) is 0. The Morgan fingerprint density at radius 3 is 2.80 bits per heavy atom. The number of rotatable bonds is 3. The fraction of sp³-hybridized carbons (Fsp3) is 0.500. The van der Waals surface area contributed by atoms with Crippen LogP contribution >= 0.6 is 0 Å². The first-order chi connectivity index (χ1) is 7.31. The largest absolute Gasteiger partial charge is 0.495 e. The van der Waals surface area contributed by atoms with Crippen molar-refractivity contribution in [3.63, 3.8) is 0 Å². The van der Waals surface area contributed by atoms with E-state index in [1.54, 1.807) is 7.11 Å². The molecule has 2 atom stereocenters. The molecule has 1 aliphatic rings. The van der Waals surface area contributed by atoms with Crippen molar-refractivity contribution >= 4 is 5.69 Å². The van der Waals surface area contributed by atoms with Crippen LogP contribution in [0.2, 0.25) is 0 Å². The highest BCUT2D eigenvalue weighted by atomic mass is 16.5. The average Bonchev–Trinajstić information content (AvgIpc) is 2.65. The minimum Gasteiger partial charge on any atom is -0.495 e. The molecule has 0 aromatic heterocycles. The molecule has 0 amide bonds. The van der Waals surface area contributed by atoms with Gasteiger partial charge in [0.05, 0.1) is 24.9 Å². The molecular weight excluding hydrogens is 190 g/mol. The molecule has 0 bridgehead atoms. The van der Waals surface area contributed by atoms with E-state index >= 15 is 0 Å². The summed E-state index contributed by atoms with van der Waals surface area (Å²) in [7, 11) is 1.66. The minimum atomic E-state index is -0.227. The molecule has 0 aliphatic heterocycles. The van der Waals surface area contributed by atoms with Gasteiger partial charge >= 0.3 is 0 Å². The molecule has 3 nitrogen and oxygen atoms in total. The molecule has 2 rings (SSSR count). The number of anilines is 1. The summed E-state index contributed by atoms with van der Waals surface area (Å²) in [5, 5.41) is 13.0. The molecular formula is C12H17NO2. The van der Waals surface area contributed by atoms with Crippen LogP contribution in [0.1, 0.15) is 19.3 Å². The standard InChI is InChI=1S/C12H17NO2/c1-15-12-8-3-2-5-10(12)13-9-6-4-7-11(9)14/h2-3,5,8-9,11,13-14H,4,6-7H2,1H3/t9-,11+/m1/s1. The van der Waals surface area contributed by atoms with Gasteiger partial charge in [0, 0.05) is 0 Å². The number of para-hydroxylation sites is 2. The van der Waals surface area contributed by atoms with Crippen molar-refractivity contribution in [3.8, 4) is 5.75 Å². The van der Waals surface area contributed by atoms with Crippen molar-refractivity contribution in [1.82, 2.24) is 0 Å². The molecule has 1 aromatic rings. The van der Waals surface area contributed by atoms with Crippen LogP contribution in [0.3, 0.4) is 0 Å². The summed E-state index contributed by atoms with van der Waals surface area (Å²) in [5.41, 5.74) is 0.964. The van der Waals surface area contributed by atoms with Crippen molar-refractivity contribution in [2.24, 2.45) is 0 Å². The van der Waals surface area contributed by atoms with Crippen LogP contribution in [-0.2, 0) is 0 Å². The van der Waals surface area contributed by atoms with Gasteiger partial charge in [-0.1, -0.05) is 12.1 Å². The maximum absolute atomic E-state index is 9.71. The number of nitrogens with one attached hydrogen (secondary N) is 1. The smallest absolute Gasteiger partial charge is 0.141 e. The molecule has 0 radical (unpaired) electrons. The van der Waals surface area contributed by atoms with Gasteiger partial charge in [0.15, 0.2) is 0 Å². The molecule has 3 heteroatoms. The van der Waals surface area contributed by atoms with Crippen LogP contribution in [0, 0.1) is 0 Å². The van der Waals surface area contributed by atoms with Gasteiger partial charge in [-0.15, -0.1) is 0 Å². The lowest BCUT2D eigenvalue weighted by molar-refractivity contribution is 0.171. The van der Waals surface area contributed by atoms with Crippen LogP contribution in [0.15, 0.2) is 24.3 Å². The summed E-state index contributed by atoms with van der Waals surface area (Å²) in [6.07, 6.45) is 2.79. The van der Waals surface area contributed by atoms with Crippen LogP contribution in [0.5, 0.6) is 5.75 Å². The molecule has 1 aromatic carbocycles. The Kier molecular flexibility index (Phi) is 3.11. The molecule has 0 saturated heterocycles. The number of benzene rings is 1. The zero-order valence-corrected chi connectivity index (χ0v) is 8.94. The Morgan fingerprint density at radius 1 is 1.33 bits per heavy atom. The second kappa shape index (κ2) is 4.53. The topological polar surface area (TPSA) is 41.5 Å². The third-order valence-electron chi connectivity index (χ3n) is 2.93. The van der Waals surface area contributed by atoms with Crippen LogP contribution in [-0.4, -0.2) is 24.4 Å². The van der Waals surface area contributed by atoms with Crippen molar-refractivity contribution in [2.45, 2.75) is 31.4 Å². The zero-order valence-electron chi connectivity index (χ0n) is 8.94. The van der Waals surface area contributed by atoms with Gasteiger partial charge in [-0.3, -0.25) is 0 Å². The van der Waals surface area contributed by atoms with Crippen molar-refractivity contribution in [3.05, 3.63) is 24.3 Å². The average molecular weight is 207 g/mol. The zero-order chi connectivity index (χ0) is 10.7. The highest BCUT2D eigenvalue weighted by Crippen LogP contribution is 2.28. The summed E-state index contributed by atoms with van der Waals surface area (Å²) < 4.78 is 5.25. The highest BCUT2D eigenvalue weighted by molar-refractivity contribution is 5.56. The van der Waals surface area contributed by atoms with Crippen LogP contribution in [0.4, 0.5) is 5.69 Å². The molecule has 1 saturated carbocycles. The second-order valence-electron chi connectivity index (χ2n) is 3.95. The Balaban J connectivity index is 2.09. The second-order valence-corrected chi connectivity index (χ2v) is 3.95. The number of methoxy groups -OCH3 is 1. The van der Waals surface area contributed by atoms with Gasteiger partial charge in [0.2, 0.25) is 0 Å². The first kappa shape index (κ1) is 10.3. The predicted molar refractivity (Wildman–Crippen MR) is 60.3 cm³/mol. The Morgan fingerprint density at radius 2 is 2.13 bits per heavy atom. The van der Waals surface area contributed by atoms with Gasteiger partial charge in [-0.2, -0.15) is 0 Å². The number of aliphatic hydroxyl groups excluding tert-OH is 1. The predicted octanol–water partition coefficient (Wildman–Crippen LogP) is 2.02. The number of hydrogen-bond donors (Lipinski definition) is 2. The number of hydrogen-bond acceptors (Lipinski definition) is 3. The van der Waals surface area contributed by atoms with Crippen LogP contribution < -0.4 is 10.1 Å². The van der Waals surface area contributed by atoms with E-state index in [9.17, 15) is 5.11 Å². The van der Waals surface area contributed by atoms with E-state index in [1.165, 1.54) is 0 Å². The third kappa shape index (κ3) is 2.23. The van der Waals surface area contributed by atoms with E-state index in [0.717, 1.165) is 30.7 Å². The molecule has 2 N–H and O–H groups in total. The van der Waals surface area contributed by atoms with Crippen molar-refractivity contribution in [1.29, 1.82) is 0 Å². The summed E-state index contributed by atoms with van der Waals surface area (Å²) in [4.78, 5) is 0. The quantitative estimate of drug-likeness (QED) is 0.796. The molecule has 0 spiro atoms. The van der Waals surface area contributed by atoms with Crippen molar-refractivity contribution < 1.29 is 9.84 Å². The Bertz CT molecular complexity index is 327.